The van der Waals surface area contributed by atoms with E-state index >= 15 is 0 Å². The summed E-state index contributed by atoms with van der Waals surface area (Å²) in [5, 5.41) is 2.93. The van der Waals surface area contributed by atoms with Crippen LogP contribution in [0, 0.1) is 17.7 Å². The second-order valence-electron chi connectivity index (χ2n) is 8.08. The van der Waals surface area contributed by atoms with E-state index in [1.165, 1.54) is 17.7 Å². The highest BCUT2D eigenvalue weighted by atomic mass is 19.1. The molecule has 0 radical (unpaired) electrons. The van der Waals surface area contributed by atoms with Gasteiger partial charge in [-0.2, -0.15) is 0 Å². The van der Waals surface area contributed by atoms with Crippen molar-refractivity contribution in [2.24, 2.45) is 11.8 Å². The van der Waals surface area contributed by atoms with Crippen molar-refractivity contribution in [1.82, 2.24) is 21.1 Å². The Bertz CT molecular complexity index is 719. The lowest BCUT2D eigenvalue weighted by molar-refractivity contribution is -0.118. The third kappa shape index (κ3) is 5.75. The van der Waals surface area contributed by atoms with Crippen LogP contribution in [-0.2, 0) is 11.2 Å². The Morgan fingerprint density at radius 1 is 1.18 bits per heavy atom. The molecule has 2 heterocycles. The molecule has 1 fully saturated rings. The van der Waals surface area contributed by atoms with Crippen LogP contribution >= 0.6 is 0 Å². The number of piperidine rings is 1. The van der Waals surface area contributed by atoms with Gasteiger partial charge >= 0.3 is 0 Å². The summed E-state index contributed by atoms with van der Waals surface area (Å²) in [6.07, 6.45) is 7.97. The summed E-state index contributed by atoms with van der Waals surface area (Å²) in [7, 11) is 0. The first-order valence-electron chi connectivity index (χ1n) is 10.2. The van der Waals surface area contributed by atoms with Gasteiger partial charge in [-0.1, -0.05) is 26.0 Å². The molecule has 2 aliphatic heterocycles. The van der Waals surface area contributed by atoms with Crippen molar-refractivity contribution in [3.63, 3.8) is 0 Å². The normalized spacial score (nSPS) is 17.5. The molecule has 3 rings (SSSR count). The lowest BCUT2D eigenvalue weighted by Crippen LogP contribution is -2.47. The van der Waals surface area contributed by atoms with Gasteiger partial charge in [0.2, 0.25) is 0 Å². The zero-order valence-corrected chi connectivity index (χ0v) is 16.8. The maximum Gasteiger partial charge on any atom is 0.269 e. The highest BCUT2D eigenvalue weighted by molar-refractivity contribution is 5.93. The van der Waals surface area contributed by atoms with Crippen LogP contribution in [0.2, 0.25) is 0 Å². The Labute approximate surface area is 167 Å². The summed E-state index contributed by atoms with van der Waals surface area (Å²) in [6.45, 7) is 6.91. The molecule has 152 valence electrons. The Morgan fingerprint density at radius 3 is 2.50 bits per heavy atom. The third-order valence-electron chi connectivity index (χ3n) is 5.38. The molecule has 0 unspecified atom stereocenters. The van der Waals surface area contributed by atoms with Crippen LogP contribution in [0.4, 0.5) is 4.39 Å². The quantitative estimate of drug-likeness (QED) is 0.674. The van der Waals surface area contributed by atoms with Gasteiger partial charge in [0.1, 0.15) is 17.3 Å². The predicted octanol–water partition coefficient (Wildman–Crippen LogP) is 3.08. The minimum atomic E-state index is -0.178. The van der Waals surface area contributed by atoms with Crippen molar-refractivity contribution in [2.45, 2.75) is 39.5 Å². The summed E-state index contributed by atoms with van der Waals surface area (Å²) >= 11 is 0. The molecule has 0 aliphatic carbocycles. The van der Waals surface area contributed by atoms with Gasteiger partial charge in [0.25, 0.3) is 5.91 Å². The average Bonchev–Trinajstić information content (AvgIpc) is 2.70. The number of nitrogens with one attached hydrogen (secondary N) is 3. The Morgan fingerprint density at radius 2 is 1.89 bits per heavy atom. The van der Waals surface area contributed by atoms with Gasteiger partial charge in [-0.25, -0.2) is 4.39 Å². The molecule has 1 aromatic carbocycles. The lowest BCUT2D eigenvalue weighted by atomic mass is 9.90. The van der Waals surface area contributed by atoms with Gasteiger partial charge in [-0.3, -0.25) is 15.6 Å². The zero-order chi connectivity index (χ0) is 19.9. The largest absolute Gasteiger partial charge is 0.357 e. The SMILES string of the molecule is CC(C)CCNC(=O)C1=CC=C(N2CCC(Cc3ccc(F)cc3)CC2)NN1. The minimum Gasteiger partial charge on any atom is -0.357 e. The van der Waals surface area contributed by atoms with Gasteiger partial charge in [0.15, 0.2) is 0 Å². The number of nitrogens with zero attached hydrogens (tertiary/aromatic N) is 1. The number of hydrogen-bond acceptors (Lipinski definition) is 4. The van der Waals surface area contributed by atoms with Crippen LogP contribution in [0.1, 0.15) is 38.7 Å². The highest BCUT2D eigenvalue weighted by Gasteiger charge is 2.22. The monoisotopic (exact) mass is 386 g/mol. The molecule has 0 aromatic heterocycles. The van der Waals surface area contributed by atoms with E-state index in [9.17, 15) is 9.18 Å². The van der Waals surface area contributed by atoms with Gasteiger partial charge < -0.3 is 10.2 Å². The molecule has 5 nitrogen and oxygen atoms in total. The van der Waals surface area contributed by atoms with Crippen molar-refractivity contribution in [1.29, 1.82) is 0 Å². The first-order chi connectivity index (χ1) is 13.5. The van der Waals surface area contributed by atoms with E-state index in [2.05, 4.69) is 34.9 Å². The van der Waals surface area contributed by atoms with E-state index in [1.54, 1.807) is 0 Å². The predicted molar refractivity (Wildman–Crippen MR) is 109 cm³/mol. The van der Waals surface area contributed by atoms with E-state index in [4.69, 9.17) is 0 Å². The van der Waals surface area contributed by atoms with Gasteiger partial charge in [-0.15, -0.1) is 0 Å². The number of carbonyl (C=O) groups is 1. The number of rotatable bonds is 7. The molecule has 0 bridgehead atoms. The molecule has 1 saturated heterocycles. The summed E-state index contributed by atoms with van der Waals surface area (Å²) in [4.78, 5) is 14.5. The van der Waals surface area contributed by atoms with Crippen molar-refractivity contribution in [2.75, 3.05) is 19.6 Å². The number of amides is 1. The maximum atomic E-state index is 13.0. The molecule has 6 heteroatoms. The van der Waals surface area contributed by atoms with Crippen LogP contribution < -0.4 is 16.2 Å². The molecular weight excluding hydrogens is 355 g/mol. The standard InChI is InChI=1S/C22H31FN4O/c1-16(2)9-12-24-22(28)20-7-8-21(26-25-20)27-13-10-18(11-14-27)15-17-3-5-19(23)6-4-17/h3-8,16,18,25-26H,9-15H2,1-2H3,(H,24,28). The van der Waals surface area contributed by atoms with Crippen LogP contribution in [0.3, 0.4) is 0 Å². The summed E-state index contributed by atoms with van der Waals surface area (Å²) in [5.74, 6) is 1.93. The van der Waals surface area contributed by atoms with Crippen LogP contribution in [0.5, 0.6) is 0 Å². The number of likely N-dealkylation sites (tertiary alicyclic amines) is 1. The van der Waals surface area contributed by atoms with Crippen molar-refractivity contribution < 1.29 is 9.18 Å². The second-order valence-corrected chi connectivity index (χ2v) is 8.08. The van der Waals surface area contributed by atoms with E-state index in [0.29, 0.717) is 24.1 Å². The maximum absolute atomic E-state index is 13.0. The summed E-state index contributed by atoms with van der Waals surface area (Å²) in [6, 6.07) is 6.84. The lowest BCUT2D eigenvalue weighted by Gasteiger charge is -2.36. The molecular formula is C22H31FN4O. The first kappa shape index (κ1) is 20.2. The zero-order valence-electron chi connectivity index (χ0n) is 16.8. The van der Waals surface area contributed by atoms with Crippen LogP contribution in [0.25, 0.3) is 0 Å². The second kappa shape index (κ2) is 9.62. The number of carbonyl (C=O) groups excluding carboxylic acids is 1. The molecule has 0 atom stereocenters. The van der Waals surface area contributed by atoms with Gasteiger partial charge in [0, 0.05) is 19.6 Å². The van der Waals surface area contributed by atoms with Crippen LogP contribution in [-0.4, -0.2) is 30.4 Å². The number of hydrogen-bond donors (Lipinski definition) is 3. The molecule has 1 amide bonds. The number of allylic oxidation sites excluding steroid dienone is 2. The molecule has 1 aromatic rings. The van der Waals surface area contributed by atoms with E-state index in [-0.39, 0.29) is 11.7 Å². The van der Waals surface area contributed by atoms with Gasteiger partial charge in [-0.05, 0) is 67.4 Å². The Kier molecular flexibility index (Phi) is 6.95. The average molecular weight is 387 g/mol. The van der Waals surface area contributed by atoms with E-state index in [1.807, 2.05) is 24.3 Å². The minimum absolute atomic E-state index is 0.0820. The van der Waals surface area contributed by atoms with E-state index < -0.39 is 0 Å². The fraction of sp³-hybridized carbons (Fsp3) is 0.500. The highest BCUT2D eigenvalue weighted by Crippen LogP contribution is 2.24. The molecule has 3 N–H and O–H groups in total. The Hall–Kier alpha value is -2.50. The fourth-order valence-electron chi connectivity index (χ4n) is 3.60. The van der Waals surface area contributed by atoms with Crippen molar-refractivity contribution >= 4 is 5.91 Å². The smallest absolute Gasteiger partial charge is 0.269 e. The molecule has 2 aliphatic rings. The van der Waals surface area contributed by atoms with Crippen LogP contribution in [0.15, 0.2) is 47.9 Å². The number of halogens is 1. The molecule has 0 spiro atoms. The van der Waals surface area contributed by atoms with Crippen molar-refractivity contribution in [3.05, 3.63) is 59.3 Å². The third-order valence-corrected chi connectivity index (χ3v) is 5.38. The Balaban J connectivity index is 1.45. The van der Waals surface area contributed by atoms with E-state index in [0.717, 1.165) is 44.6 Å². The van der Waals surface area contributed by atoms with Crippen molar-refractivity contribution in [3.8, 4) is 0 Å². The topological polar surface area (TPSA) is 56.4 Å². The first-order valence-corrected chi connectivity index (χ1v) is 10.2. The number of benzene rings is 1. The summed E-state index contributed by atoms with van der Waals surface area (Å²) < 4.78 is 13.0. The molecule has 0 saturated carbocycles. The number of hydrazine groups is 1. The molecule has 28 heavy (non-hydrogen) atoms. The fourth-order valence-corrected chi connectivity index (χ4v) is 3.60. The summed E-state index contributed by atoms with van der Waals surface area (Å²) in [5.41, 5.74) is 7.91. The van der Waals surface area contributed by atoms with Gasteiger partial charge in [0.05, 0.1) is 0 Å².